The molecule has 0 fully saturated rings. The summed E-state index contributed by atoms with van der Waals surface area (Å²) >= 11 is 0. The van der Waals surface area contributed by atoms with Crippen molar-refractivity contribution in [3.63, 3.8) is 0 Å². The molecule has 3 rings (SSSR count). The molecule has 0 atom stereocenters. The molecule has 0 spiro atoms. The maximum absolute atomic E-state index is 12.9. The number of carbonyl (C=O) groups is 1. The fourth-order valence-corrected chi connectivity index (χ4v) is 3.32. The van der Waals surface area contributed by atoms with Crippen molar-refractivity contribution >= 4 is 16.8 Å². The van der Waals surface area contributed by atoms with Crippen molar-refractivity contribution in [3.8, 4) is 5.75 Å². The van der Waals surface area contributed by atoms with Crippen molar-refractivity contribution in [2.24, 2.45) is 7.05 Å². The van der Waals surface area contributed by atoms with E-state index >= 15 is 0 Å². The third kappa shape index (κ3) is 3.45. The van der Waals surface area contributed by atoms with Crippen LogP contribution in [0.4, 0.5) is 0 Å². The predicted molar refractivity (Wildman–Crippen MR) is 103 cm³/mol. The van der Waals surface area contributed by atoms with Gasteiger partial charge in [-0.2, -0.15) is 5.10 Å². The lowest BCUT2D eigenvalue weighted by atomic mass is 10.2. The summed E-state index contributed by atoms with van der Waals surface area (Å²) < 4.78 is 9.21. The maximum Gasteiger partial charge on any atom is 0.270 e. The number of hydrogen-bond acceptors (Lipinski definition) is 3. The van der Waals surface area contributed by atoms with Crippen LogP contribution >= 0.6 is 0 Å². The van der Waals surface area contributed by atoms with E-state index in [2.05, 4.69) is 18.1 Å². The van der Waals surface area contributed by atoms with Crippen LogP contribution in [0.1, 0.15) is 28.3 Å². The van der Waals surface area contributed by atoms with E-state index in [9.17, 15) is 4.79 Å². The van der Waals surface area contributed by atoms with Crippen LogP contribution in [-0.4, -0.2) is 45.9 Å². The number of carbonyl (C=O) groups excluding carboxylic acids is 1. The molecule has 0 saturated heterocycles. The molecule has 2 heterocycles. The first-order chi connectivity index (χ1) is 12.4. The lowest BCUT2D eigenvalue weighted by molar-refractivity contribution is 0.0782. The van der Waals surface area contributed by atoms with Gasteiger partial charge in [0.2, 0.25) is 0 Å². The zero-order valence-corrected chi connectivity index (χ0v) is 16.1. The number of ether oxygens (including phenoxy) is 1. The predicted octanol–water partition coefficient (Wildman–Crippen LogP) is 3.16. The Morgan fingerprint density at radius 3 is 2.65 bits per heavy atom. The van der Waals surface area contributed by atoms with E-state index in [1.807, 2.05) is 54.5 Å². The Bertz CT molecular complexity index is 939. The van der Waals surface area contributed by atoms with Crippen molar-refractivity contribution in [1.82, 2.24) is 19.2 Å². The van der Waals surface area contributed by atoms with Gasteiger partial charge in [-0.15, -0.1) is 0 Å². The monoisotopic (exact) mass is 354 g/mol. The first-order valence-electron chi connectivity index (χ1n) is 8.80. The second-order valence-electron chi connectivity index (χ2n) is 6.74. The van der Waals surface area contributed by atoms with Gasteiger partial charge < -0.3 is 14.2 Å². The third-order valence-electron chi connectivity index (χ3n) is 4.78. The molecule has 6 heteroatoms. The minimum absolute atomic E-state index is 0.0241. The summed E-state index contributed by atoms with van der Waals surface area (Å²) in [6, 6.07) is 9.84. The van der Waals surface area contributed by atoms with Gasteiger partial charge in [0.1, 0.15) is 11.4 Å². The van der Waals surface area contributed by atoms with E-state index in [0.717, 1.165) is 41.0 Å². The Morgan fingerprint density at radius 2 is 2.00 bits per heavy atom. The topological polar surface area (TPSA) is 52.3 Å². The second kappa shape index (κ2) is 7.23. The zero-order chi connectivity index (χ0) is 18.8. The highest BCUT2D eigenvalue weighted by Crippen LogP contribution is 2.24. The van der Waals surface area contributed by atoms with Crippen LogP contribution in [0.15, 0.2) is 30.3 Å². The summed E-state index contributed by atoms with van der Waals surface area (Å²) in [6.07, 6.45) is 0.863. The molecule has 0 saturated carbocycles. The zero-order valence-electron chi connectivity index (χ0n) is 16.1. The fraction of sp³-hybridized carbons (Fsp3) is 0.400. The fourth-order valence-electron chi connectivity index (χ4n) is 3.32. The molecular weight excluding hydrogens is 328 g/mol. The molecule has 0 aliphatic rings. The standard InChI is InChI=1S/C20H26N4O2/c1-14-11-15(2)24(21-14)10-6-9-22(3)20(25)19-13-16-12-17(26-5)7-8-18(16)23(19)4/h7-8,11-13H,6,9-10H2,1-5H3. The molecule has 6 nitrogen and oxygen atoms in total. The minimum Gasteiger partial charge on any atom is -0.497 e. The van der Waals surface area contributed by atoms with Gasteiger partial charge in [-0.05, 0) is 50.6 Å². The summed E-state index contributed by atoms with van der Waals surface area (Å²) in [5.41, 5.74) is 3.88. The Balaban J connectivity index is 1.69. The van der Waals surface area contributed by atoms with Gasteiger partial charge in [0.05, 0.1) is 12.8 Å². The van der Waals surface area contributed by atoms with Crippen LogP contribution < -0.4 is 4.74 Å². The number of hydrogen-bond donors (Lipinski definition) is 0. The Hall–Kier alpha value is -2.76. The maximum atomic E-state index is 12.9. The summed E-state index contributed by atoms with van der Waals surface area (Å²) in [7, 11) is 5.42. The highest BCUT2D eigenvalue weighted by atomic mass is 16.5. The Morgan fingerprint density at radius 1 is 1.23 bits per heavy atom. The summed E-state index contributed by atoms with van der Waals surface area (Å²) in [6.45, 7) is 5.54. The number of amides is 1. The molecule has 1 aromatic carbocycles. The third-order valence-corrected chi connectivity index (χ3v) is 4.78. The van der Waals surface area contributed by atoms with Crippen molar-refractivity contribution in [1.29, 1.82) is 0 Å². The van der Waals surface area contributed by atoms with E-state index in [1.54, 1.807) is 12.0 Å². The molecule has 138 valence electrons. The quantitative estimate of drug-likeness (QED) is 0.683. The SMILES string of the molecule is COc1ccc2c(c1)cc(C(=O)N(C)CCCn1nc(C)cc1C)n2C. The van der Waals surface area contributed by atoms with Gasteiger partial charge in [-0.25, -0.2) is 0 Å². The van der Waals surface area contributed by atoms with Gasteiger partial charge >= 0.3 is 0 Å². The van der Waals surface area contributed by atoms with Gasteiger partial charge in [-0.3, -0.25) is 9.48 Å². The lowest BCUT2D eigenvalue weighted by Crippen LogP contribution is -2.30. The molecule has 26 heavy (non-hydrogen) atoms. The van der Waals surface area contributed by atoms with Crippen molar-refractivity contribution < 1.29 is 9.53 Å². The van der Waals surface area contributed by atoms with Crippen LogP contribution in [0.5, 0.6) is 5.75 Å². The summed E-state index contributed by atoms with van der Waals surface area (Å²) in [5, 5.41) is 5.47. The molecule has 0 N–H and O–H groups in total. The van der Waals surface area contributed by atoms with Crippen LogP contribution in [0.2, 0.25) is 0 Å². The van der Waals surface area contributed by atoms with Crippen LogP contribution in [0, 0.1) is 13.8 Å². The van der Waals surface area contributed by atoms with E-state index in [1.165, 1.54) is 0 Å². The van der Waals surface area contributed by atoms with Crippen LogP contribution in [0.3, 0.4) is 0 Å². The highest BCUT2D eigenvalue weighted by Gasteiger charge is 2.17. The molecule has 0 radical (unpaired) electrons. The number of nitrogens with zero attached hydrogens (tertiary/aromatic N) is 4. The van der Waals surface area contributed by atoms with Gasteiger partial charge in [-0.1, -0.05) is 0 Å². The largest absolute Gasteiger partial charge is 0.497 e. The molecule has 0 aliphatic carbocycles. The van der Waals surface area contributed by atoms with Crippen LogP contribution in [0.25, 0.3) is 10.9 Å². The Labute approximate surface area is 154 Å². The second-order valence-corrected chi connectivity index (χ2v) is 6.74. The highest BCUT2D eigenvalue weighted by molar-refractivity contribution is 5.98. The van der Waals surface area contributed by atoms with Crippen molar-refractivity contribution in [2.45, 2.75) is 26.8 Å². The normalized spacial score (nSPS) is 11.1. The molecule has 0 bridgehead atoms. The lowest BCUT2D eigenvalue weighted by Gasteiger charge is -2.17. The summed E-state index contributed by atoms with van der Waals surface area (Å²) in [4.78, 5) is 14.6. The number of fused-ring (bicyclic) bond motifs is 1. The molecule has 1 amide bonds. The number of aromatic nitrogens is 3. The minimum atomic E-state index is 0.0241. The van der Waals surface area contributed by atoms with E-state index < -0.39 is 0 Å². The number of methoxy groups -OCH3 is 1. The summed E-state index contributed by atoms with van der Waals surface area (Å²) in [5.74, 6) is 0.816. The van der Waals surface area contributed by atoms with Crippen LogP contribution in [-0.2, 0) is 13.6 Å². The molecule has 0 aliphatic heterocycles. The smallest absolute Gasteiger partial charge is 0.270 e. The van der Waals surface area contributed by atoms with E-state index in [-0.39, 0.29) is 5.91 Å². The first kappa shape index (κ1) is 18.0. The van der Waals surface area contributed by atoms with E-state index in [4.69, 9.17) is 4.74 Å². The van der Waals surface area contributed by atoms with Crippen molar-refractivity contribution in [2.75, 3.05) is 20.7 Å². The van der Waals surface area contributed by atoms with Gasteiger partial charge in [0.25, 0.3) is 5.91 Å². The molecule has 0 unspecified atom stereocenters. The Kier molecular flexibility index (Phi) is 5.02. The van der Waals surface area contributed by atoms with Gasteiger partial charge in [0.15, 0.2) is 0 Å². The average molecular weight is 354 g/mol. The molecular formula is C20H26N4O2. The number of aryl methyl sites for hydroxylation is 4. The first-order valence-corrected chi connectivity index (χ1v) is 8.80. The molecule has 3 aromatic rings. The number of rotatable bonds is 6. The molecule has 2 aromatic heterocycles. The van der Waals surface area contributed by atoms with Crippen molar-refractivity contribution in [3.05, 3.63) is 47.4 Å². The van der Waals surface area contributed by atoms with Gasteiger partial charge in [0, 0.05) is 43.8 Å². The van der Waals surface area contributed by atoms with E-state index in [0.29, 0.717) is 12.2 Å². The number of benzene rings is 1. The average Bonchev–Trinajstić information content (AvgIpc) is 3.12.